The number of amides is 1. The van der Waals surface area contributed by atoms with E-state index in [1.165, 1.54) is 24.9 Å². The molecule has 170 valence electrons. The zero-order valence-electron chi connectivity index (χ0n) is 18.3. The van der Waals surface area contributed by atoms with Gasteiger partial charge < -0.3 is 14.4 Å². The molecule has 0 aliphatic rings. The lowest BCUT2D eigenvalue weighted by Gasteiger charge is -2.21. The Labute approximate surface area is 190 Å². The Kier molecular flexibility index (Phi) is 8.57. The Morgan fingerprint density at radius 3 is 2.62 bits per heavy atom. The largest absolute Gasteiger partial charge is 0.494 e. The first-order valence-corrected chi connectivity index (χ1v) is 11.1. The van der Waals surface area contributed by atoms with Gasteiger partial charge in [0.15, 0.2) is 22.5 Å². The van der Waals surface area contributed by atoms with E-state index in [0.29, 0.717) is 42.8 Å². The molecule has 0 N–H and O–H groups in total. The lowest BCUT2D eigenvalue weighted by molar-refractivity contribution is -0.128. The fraction of sp³-hybridized carbons (Fsp3) is 0.364. The predicted molar refractivity (Wildman–Crippen MR) is 120 cm³/mol. The number of carbonyl (C=O) groups excluding carboxylic acids is 1. The second-order valence-corrected chi connectivity index (χ2v) is 7.79. The van der Waals surface area contributed by atoms with E-state index in [0.717, 1.165) is 5.56 Å². The van der Waals surface area contributed by atoms with Gasteiger partial charge in [0.1, 0.15) is 0 Å². The summed E-state index contributed by atoms with van der Waals surface area (Å²) in [6.07, 6.45) is 3.39. The van der Waals surface area contributed by atoms with Crippen molar-refractivity contribution in [2.45, 2.75) is 25.2 Å². The van der Waals surface area contributed by atoms with Crippen LogP contribution in [0.25, 0.3) is 11.4 Å². The number of methoxy groups -OCH3 is 2. The summed E-state index contributed by atoms with van der Waals surface area (Å²) < 4.78 is 26.1. The minimum atomic E-state index is -0.447. The number of carbonyl (C=O) groups is 1. The molecule has 0 fully saturated rings. The number of halogens is 1. The number of hydrogen-bond donors (Lipinski definition) is 0. The molecule has 10 heteroatoms. The third-order valence-corrected chi connectivity index (χ3v) is 5.77. The van der Waals surface area contributed by atoms with Crippen molar-refractivity contribution in [2.24, 2.45) is 0 Å². The van der Waals surface area contributed by atoms with Gasteiger partial charge in [0.25, 0.3) is 0 Å². The summed E-state index contributed by atoms with van der Waals surface area (Å²) in [6, 6.07) is 8.44. The van der Waals surface area contributed by atoms with Crippen LogP contribution >= 0.6 is 11.8 Å². The van der Waals surface area contributed by atoms with Gasteiger partial charge in [-0.3, -0.25) is 14.3 Å². The first-order chi connectivity index (χ1) is 15.6. The van der Waals surface area contributed by atoms with E-state index in [4.69, 9.17) is 9.47 Å². The van der Waals surface area contributed by atoms with E-state index >= 15 is 0 Å². The molecule has 0 bridgehead atoms. The summed E-state index contributed by atoms with van der Waals surface area (Å²) in [7, 11) is 3.05. The van der Waals surface area contributed by atoms with Gasteiger partial charge in [-0.1, -0.05) is 17.8 Å². The average molecular weight is 460 g/mol. The van der Waals surface area contributed by atoms with Crippen molar-refractivity contribution in [3.05, 3.63) is 54.1 Å². The first kappa shape index (κ1) is 23.7. The number of nitrogens with zero attached hydrogens (tertiary/aromatic N) is 5. The summed E-state index contributed by atoms with van der Waals surface area (Å²) in [5.41, 5.74) is 1.59. The van der Waals surface area contributed by atoms with Gasteiger partial charge in [-0.2, -0.15) is 0 Å². The maximum Gasteiger partial charge on any atom is 0.233 e. The van der Waals surface area contributed by atoms with Gasteiger partial charge in [0.05, 0.1) is 26.0 Å². The smallest absolute Gasteiger partial charge is 0.233 e. The fourth-order valence-electron chi connectivity index (χ4n) is 3.12. The molecule has 0 aliphatic heterocycles. The zero-order valence-corrected chi connectivity index (χ0v) is 19.1. The number of ether oxygens (including phenoxy) is 2. The van der Waals surface area contributed by atoms with Crippen LogP contribution in [0.5, 0.6) is 5.75 Å². The van der Waals surface area contributed by atoms with E-state index < -0.39 is 5.82 Å². The van der Waals surface area contributed by atoms with E-state index in [1.807, 2.05) is 23.6 Å². The lowest BCUT2D eigenvalue weighted by Crippen LogP contribution is -2.31. The molecule has 8 nitrogen and oxygen atoms in total. The van der Waals surface area contributed by atoms with Gasteiger partial charge in [0, 0.05) is 38.2 Å². The number of thioether (sulfide) groups is 1. The van der Waals surface area contributed by atoms with Gasteiger partial charge in [-0.15, -0.1) is 10.2 Å². The molecule has 0 saturated heterocycles. The second-order valence-electron chi connectivity index (χ2n) is 6.85. The third kappa shape index (κ3) is 5.83. The molecule has 0 atom stereocenters. The van der Waals surface area contributed by atoms with Crippen LogP contribution in [0, 0.1) is 5.82 Å². The van der Waals surface area contributed by atoms with Crippen molar-refractivity contribution in [1.29, 1.82) is 0 Å². The molecule has 1 amide bonds. The molecule has 0 aliphatic carbocycles. The van der Waals surface area contributed by atoms with Crippen LogP contribution in [0.1, 0.15) is 12.5 Å². The quantitative estimate of drug-likeness (QED) is 0.407. The highest BCUT2D eigenvalue weighted by Crippen LogP contribution is 2.24. The normalized spacial score (nSPS) is 10.9. The van der Waals surface area contributed by atoms with E-state index in [2.05, 4.69) is 15.2 Å². The van der Waals surface area contributed by atoms with Crippen molar-refractivity contribution in [2.75, 3.05) is 33.1 Å². The summed E-state index contributed by atoms with van der Waals surface area (Å²) in [4.78, 5) is 18.6. The summed E-state index contributed by atoms with van der Waals surface area (Å²) in [6.45, 7) is 3.76. The number of aromatic nitrogens is 4. The SMILES string of the molecule is CCN(Cc1ccc(OC)c(F)c1)C(=O)CSc1nnc(-c2ccncc2)n1CCOC. The third-order valence-electron chi connectivity index (χ3n) is 4.82. The molecule has 0 radical (unpaired) electrons. The number of pyridine rings is 1. The molecule has 3 aromatic rings. The van der Waals surface area contributed by atoms with Crippen molar-refractivity contribution >= 4 is 17.7 Å². The van der Waals surface area contributed by atoms with Crippen molar-refractivity contribution in [1.82, 2.24) is 24.6 Å². The molecule has 2 heterocycles. The number of hydrogen-bond acceptors (Lipinski definition) is 7. The Balaban J connectivity index is 1.70. The summed E-state index contributed by atoms with van der Waals surface area (Å²) in [5.74, 6) is 0.547. The molecule has 0 saturated carbocycles. The van der Waals surface area contributed by atoms with Crippen LogP contribution in [0.4, 0.5) is 4.39 Å². The molecule has 2 aromatic heterocycles. The van der Waals surface area contributed by atoms with Crippen LogP contribution in [0.2, 0.25) is 0 Å². The summed E-state index contributed by atoms with van der Waals surface area (Å²) in [5, 5.41) is 9.22. The Hall–Kier alpha value is -2.98. The van der Waals surface area contributed by atoms with Gasteiger partial charge in [-0.05, 0) is 36.8 Å². The highest BCUT2D eigenvalue weighted by molar-refractivity contribution is 7.99. The monoisotopic (exact) mass is 459 g/mol. The maximum absolute atomic E-state index is 14.0. The van der Waals surface area contributed by atoms with E-state index in [-0.39, 0.29) is 17.4 Å². The molecule has 0 unspecified atom stereocenters. The molecule has 1 aromatic carbocycles. The van der Waals surface area contributed by atoms with E-state index in [1.54, 1.807) is 36.5 Å². The molecule has 0 spiro atoms. The van der Waals surface area contributed by atoms with E-state index in [9.17, 15) is 9.18 Å². The van der Waals surface area contributed by atoms with Crippen molar-refractivity contribution in [3.63, 3.8) is 0 Å². The number of benzene rings is 1. The minimum absolute atomic E-state index is 0.0690. The van der Waals surface area contributed by atoms with Crippen LogP contribution < -0.4 is 4.74 Å². The first-order valence-electron chi connectivity index (χ1n) is 10.1. The van der Waals surface area contributed by atoms with Crippen LogP contribution in [-0.2, 0) is 22.6 Å². The fourth-order valence-corrected chi connectivity index (χ4v) is 3.98. The molecule has 32 heavy (non-hydrogen) atoms. The average Bonchev–Trinajstić information content (AvgIpc) is 3.22. The van der Waals surface area contributed by atoms with Crippen molar-refractivity contribution in [3.8, 4) is 17.1 Å². The summed E-state index contributed by atoms with van der Waals surface area (Å²) >= 11 is 1.32. The Morgan fingerprint density at radius 2 is 1.97 bits per heavy atom. The molecule has 3 rings (SSSR count). The molecular weight excluding hydrogens is 433 g/mol. The van der Waals surface area contributed by atoms with Gasteiger partial charge in [0.2, 0.25) is 5.91 Å². The Bertz CT molecular complexity index is 1030. The number of rotatable bonds is 11. The van der Waals surface area contributed by atoms with Gasteiger partial charge in [-0.25, -0.2) is 4.39 Å². The predicted octanol–water partition coefficient (Wildman–Crippen LogP) is 3.28. The highest BCUT2D eigenvalue weighted by Gasteiger charge is 2.18. The van der Waals surface area contributed by atoms with Gasteiger partial charge >= 0.3 is 0 Å². The lowest BCUT2D eigenvalue weighted by atomic mass is 10.2. The molecular formula is C22H26FN5O3S. The van der Waals surface area contributed by atoms with Crippen LogP contribution in [0.15, 0.2) is 47.9 Å². The van der Waals surface area contributed by atoms with Crippen LogP contribution in [-0.4, -0.2) is 63.7 Å². The van der Waals surface area contributed by atoms with Crippen LogP contribution in [0.3, 0.4) is 0 Å². The standard InChI is InChI=1S/C22H26FN5O3S/c1-4-27(14-16-5-6-19(31-3)18(23)13-16)20(29)15-32-22-26-25-21(28(22)11-12-30-2)17-7-9-24-10-8-17/h5-10,13H,4,11-12,14-15H2,1-3H3. The Morgan fingerprint density at radius 1 is 1.19 bits per heavy atom. The minimum Gasteiger partial charge on any atom is -0.494 e. The van der Waals surface area contributed by atoms with Crippen molar-refractivity contribution < 1.29 is 18.7 Å². The zero-order chi connectivity index (χ0) is 22.9. The second kappa shape index (κ2) is 11.6. The highest BCUT2D eigenvalue weighted by atomic mass is 32.2. The maximum atomic E-state index is 14.0. The topological polar surface area (TPSA) is 82.4 Å².